The van der Waals surface area contributed by atoms with Gasteiger partial charge in [0, 0.05) is 19.6 Å². The van der Waals surface area contributed by atoms with Crippen LogP contribution >= 0.6 is 24.0 Å². The molecule has 4 atom stereocenters. The van der Waals surface area contributed by atoms with Crippen LogP contribution in [0.25, 0.3) is 0 Å². The molecule has 3 saturated heterocycles. The predicted molar refractivity (Wildman–Crippen MR) is 114 cm³/mol. The Labute approximate surface area is 173 Å². The molecule has 26 heavy (non-hydrogen) atoms. The molecule has 4 N–H and O–H groups in total. The molecule has 3 heterocycles. The number of halogens is 1. The fraction of sp³-hybridized carbons (Fsp3) is 0.889. The zero-order chi connectivity index (χ0) is 17.6. The molecule has 7 nitrogen and oxygen atoms in total. The van der Waals surface area contributed by atoms with Crippen LogP contribution in [0.5, 0.6) is 0 Å². The van der Waals surface area contributed by atoms with Gasteiger partial charge in [-0.2, -0.15) is 0 Å². The number of guanidine groups is 1. The topological polar surface area (TPSA) is 92.0 Å². The summed E-state index contributed by atoms with van der Waals surface area (Å²) in [4.78, 5) is 18.4. The number of amides is 1. The van der Waals surface area contributed by atoms with Gasteiger partial charge in [-0.3, -0.25) is 9.79 Å². The van der Waals surface area contributed by atoms with E-state index in [0.717, 1.165) is 70.8 Å². The van der Waals surface area contributed by atoms with E-state index in [-0.39, 0.29) is 35.8 Å². The van der Waals surface area contributed by atoms with Crippen LogP contribution in [0.2, 0.25) is 0 Å². The molecule has 0 aromatic rings. The van der Waals surface area contributed by atoms with Gasteiger partial charge in [0.1, 0.15) is 0 Å². The number of hydrogen-bond donors (Lipinski definition) is 3. The highest BCUT2D eigenvalue weighted by Gasteiger charge is 2.41. The van der Waals surface area contributed by atoms with Crippen molar-refractivity contribution < 1.29 is 9.53 Å². The minimum absolute atomic E-state index is 0. The predicted octanol–water partition coefficient (Wildman–Crippen LogP) is 1.07. The average molecular weight is 479 g/mol. The first-order valence-electron chi connectivity index (χ1n) is 9.87. The summed E-state index contributed by atoms with van der Waals surface area (Å²) in [6.07, 6.45) is 7.26. The highest BCUT2D eigenvalue weighted by atomic mass is 127. The SMILES string of the molecule is CCNC(=NCCCN1CCCC(C(N)=O)C1)NC1CC2CCC1O2.I. The molecule has 3 fully saturated rings. The molecule has 1 amide bonds. The third-order valence-corrected chi connectivity index (χ3v) is 5.58. The Balaban J connectivity index is 0.00000243. The second-order valence-electron chi connectivity index (χ2n) is 7.52. The second kappa shape index (κ2) is 10.7. The smallest absolute Gasteiger partial charge is 0.221 e. The fourth-order valence-corrected chi connectivity index (χ4v) is 4.26. The van der Waals surface area contributed by atoms with E-state index in [2.05, 4.69) is 22.5 Å². The van der Waals surface area contributed by atoms with Crippen LogP contribution < -0.4 is 16.4 Å². The summed E-state index contributed by atoms with van der Waals surface area (Å²) < 4.78 is 5.91. The van der Waals surface area contributed by atoms with Crippen molar-refractivity contribution in [2.24, 2.45) is 16.6 Å². The van der Waals surface area contributed by atoms with Crippen LogP contribution in [0, 0.1) is 5.92 Å². The van der Waals surface area contributed by atoms with Gasteiger partial charge >= 0.3 is 0 Å². The summed E-state index contributed by atoms with van der Waals surface area (Å²) in [6, 6.07) is 0.398. The number of carbonyl (C=O) groups excluding carboxylic acids is 1. The van der Waals surface area contributed by atoms with Gasteiger partial charge in [-0.05, 0) is 58.5 Å². The minimum atomic E-state index is -0.158. The zero-order valence-electron chi connectivity index (χ0n) is 15.8. The number of primary amides is 1. The van der Waals surface area contributed by atoms with Crippen molar-refractivity contribution in [3.05, 3.63) is 0 Å². The number of fused-ring (bicyclic) bond motifs is 2. The summed E-state index contributed by atoms with van der Waals surface area (Å²) in [7, 11) is 0. The van der Waals surface area contributed by atoms with Crippen molar-refractivity contribution in [2.75, 3.05) is 32.7 Å². The molecule has 150 valence electrons. The minimum Gasteiger partial charge on any atom is -0.373 e. The van der Waals surface area contributed by atoms with Crippen LogP contribution in [0.3, 0.4) is 0 Å². The number of nitrogens with two attached hydrogens (primary N) is 1. The van der Waals surface area contributed by atoms with E-state index >= 15 is 0 Å². The van der Waals surface area contributed by atoms with Gasteiger partial charge in [0.15, 0.2) is 5.96 Å². The molecule has 8 heteroatoms. The standard InChI is InChI=1S/C18H33N5O2.HI/c1-2-20-18(22-15-11-14-6-7-16(15)25-14)21-8-4-10-23-9-3-5-13(12-23)17(19)24;/h13-16H,2-12H2,1H3,(H2,19,24)(H2,20,21,22);1H. The maximum absolute atomic E-state index is 11.4. The third-order valence-electron chi connectivity index (χ3n) is 5.58. The van der Waals surface area contributed by atoms with Crippen LogP contribution in [-0.2, 0) is 9.53 Å². The highest BCUT2D eigenvalue weighted by molar-refractivity contribution is 14.0. The van der Waals surface area contributed by atoms with Gasteiger partial charge in [0.25, 0.3) is 0 Å². The average Bonchev–Trinajstić information content (AvgIpc) is 3.22. The van der Waals surface area contributed by atoms with E-state index < -0.39 is 0 Å². The molecule has 0 saturated carbocycles. The van der Waals surface area contributed by atoms with Crippen LogP contribution in [-0.4, -0.2) is 67.7 Å². The van der Waals surface area contributed by atoms with Crippen molar-refractivity contribution in [1.82, 2.24) is 15.5 Å². The van der Waals surface area contributed by atoms with Crippen molar-refractivity contribution in [2.45, 2.75) is 63.7 Å². The molecular formula is C18H34IN5O2. The maximum atomic E-state index is 11.4. The lowest BCUT2D eigenvalue weighted by Crippen LogP contribution is -2.47. The summed E-state index contributed by atoms with van der Waals surface area (Å²) in [5.41, 5.74) is 5.45. The van der Waals surface area contributed by atoms with E-state index in [9.17, 15) is 4.79 Å². The molecule has 0 aromatic heterocycles. The lowest BCUT2D eigenvalue weighted by molar-refractivity contribution is -0.123. The number of carbonyl (C=O) groups is 1. The Bertz CT molecular complexity index is 490. The van der Waals surface area contributed by atoms with Crippen LogP contribution in [0.15, 0.2) is 4.99 Å². The Morgan fingerprint density at radius 2 is 2.19 bits per heavy atom. The van der Waals surface area contributed by atoms with Crippen molar-refractivity contribution >= 4 is 35.8 Å². The molecule has 3 aliphatic rings. The van der Waals surface area contributed by atoms with E-state index in [0.29, 0.717) is 18.2 Å². The van der Waals surface area contributed by atoms with Gasteiger partial charge in [-0.1, -0.05) is 0 Å². The normalized spacial score (nSPS) is 31.5. The molecular weight excluding hydrogens is 445 g/mol. The highest BCUT2D eigenvalue weighted by Crippen LogP contribution is 2.34. The van der Waals surface area contributed by atoms with E-state index in [1.54, 1.807) is 0 Å². The number of aliphatic imine (C=N–C) groups is 1. The monoisotopic (exact) mass is 479 g/mol. The molecule has 4 unspecified atom stereocenters. The van der Waals surface area contributed by atoms with Crippen LogP contribution in [0.1, 0.15) is 45.4 Å². The molecule has 0 aromatic carbocycles. The number of likely N-dealkylation sites (tertiary alicyclic amines) is 1. The van der Waals surface area contributed by atoms with Gasteiger partial charge in [0.05, 0.1) is 24.2 Å². The van der Waals surface area contributed by atoms with E-state index in [4.69, 9.17) is 15.5 Å². The second-order valence-corrected chi connectivity index (χ2v) is 7.52. The molecule has 0 spiro atoms. The van der Waals surface area contributed by atoms with Crippen molar-refractivity contribution in [3.63, 3.8) is 0 Å². The molecule has 2 bridgehead atoms. The fourth-order valence-electron chi connectivity index (χ4n) is 4.26. The quantitative estimate of drug-likeness (QED) is 0.220. The lowest BCUT2D eigenvalue weighted by atomic mass is 9.96. The lowest BCUT2D eigenvalue weighted by Gasteiger charge is -2.30. The van der Waals surface area contributed by atoms with E-state index in [1.165, 1.54) is 6.42 Å². The van der Waals surface area contributed by atoms with Gasteiger partial charge in [0.2, 0.25) is 5.91 Å². The number of hydrogen-bond acceptors (Lipinski definition) is 4. The van der Waals surface area contributed by atoms with Crippen molar-refractivity contribution in [1.29, 1.82) is 0 Å². The number of ether oxygens (including phenoxy) is 1. The Hall–Kier alpha value is -0.610. The van der Waals surface area contributed by atoms with Gasteiger partial charge in [-0.15, -0.1) is 24.0 Å². The molecule has 0 radical (unpaired) electrons. The van der Waals surface area contributed by atoms with E-state index in [1.807, 2.05) is 0 Å². The zero-order valence-corrected chi connectivity index (χ0v) is 18.1. The Morgan fingerprint density at radius 3 is 2.85 bits per heavy atom. The Kier molecular flexibility index (Phi) is 8.89. The van der Waals surface area contributed by atoms with Gasteiger partial charge in [-0.25, -0.2) is 0 Å². The summed E-state index contributed by atoms with van der Waals surface area (Å²) >= 11 is 0. The Morgan fingerprint density at radius 1 is 1.35 bits per heavy atom. The van der Waals surface area contributed by atoms with Crippen molar-refractivity contribution in [3.8, 4) is 0 Å². The first-order chi connectivity index (χ1) is 12.2. The summed E-state index contributed by atoms with van der Waals surface area (Å²) in [5, 5.41) is 6.89. The molecule has 0 aliphatic carbocycles. The van der Waals surface area contributed by atoms with Crippen LogP contribution in [0.4, 0.5) is 0 Å². The maximum Gasteiger partial charge on any atom is 0.221 e. The first-order valence-corrected chi connectivity index (χ1v) is 9.87. The summed E-state index contributed by atoms with van der Waals surface area (Å²) in [5.74, 6) is 0.765. The number of nitrogens with zero attached hydrogens (tertiary/aromatic N) is 2. The number of nitrogens with one attached hydrogen (secondary N) is 2. The molecule has 3 rings (SSSR count). The summed E-state index contributed by atoms with van der Waals surface area (Å²) in [6.45, 7) is 6.58. The third kappa shape index (κ3) is 5.95. The van der Waals surface area contributed by atoms with Gasteiger partial charge < -0.3 is 26.0 Å². The largest absolute Gasteiger partial charge is 0.373 e. The number of piperidine rings is 1. The molecule has 3 aliphatic heterocycles. The first kappa shape index (κ1) is 21.7. The number of rotatable bonds is 7.